The van der Waals surface area contributed by atoms with Gasteiger partial charge in [-0.15, -0.1) is 0 Å². The van der Waals surface area contributed by atoms with E-state index in [-0.39, 0.29) is 0 Å². The maximum atomic E-state index is 9.99. The summed E-state index contributed by atoms with van der Waals surface area (Å²) in [7, 11) is 2.09. The molecule has 3 nitrogen and oxygen atoms in total. The first-order valence-electron chi connectivity index (χ1n) is 7.79. The van der Waals surface area contributed by atoms with Gasteiger partial charge in [-0.25, -0.2) is 0 Å². The van der Waals surface area contributed by atoms with E-state index >= 15 is 0 Å². The van der Waals surface area contributed by atoms with Gasteiger partial charge < -0.3 is 10.0 Å². The lowest BCUT2D eigenvalue weighted by Crippen LogP contribution is -2.37. The number of hydrogen-bond donors (Lipinski definition) is 1. The predicted molar refractivity (Wildman–Crippen MR) is 86.2 cm³/mol. The van der Waals surface area contributed by atoms with Crippen LogP contribution in [0, 0.1) is 16.7 Å². The monoisotopic (exact) mass is 286 g/mol. The summed E-state index contributed by atoms with van der Waals surface area (Å²) < 4.78 is 0. The van der Waals surface area contributed by atoms with E-state index in [1.807, 2.05) is 12.1 Å². The highest BCUT2D eigenvalue weighted by Gasteiger charge is 2.29. The summed E-state index contributed by atoms with van der Waals surface area (Å²) in [5, 5.41) is 19.1. The molecule has 0 spiro atoms. The average Bonchev–Trinajstić information content (AvgIpc) is 2.45. The van der Waals surface area contributed by atoms with Crippen LogP contribution < -0.4 is 4.90 Å². The van der Waals surface area contributed by atoms with Crippen molar-refractivity contribution in [3.8, 4) is 6.07 Å². The molecular formula is C18H26N2O. The number of hydrogen-bond acceptors (Lipinski definition) is 3. The van der Waals surface area contributed by atoms with Crippen molar-refractivity contribution in [2.45, 2.75) is 58.6 Å². The SMILES string of the molecule is C[C@H](O)c1ccc(C#N)cc1N(C)C1CCC(C)(C)CC1. The number of anilines is 1. The van der Waals surface area contributed by atoms with E-state index in [0.717, 1.165) is 11.3 Å². The zero-order valence-corrected chi connectivity index (χ0v) is 13.6. The van der Waals surface area contributed by atoms with Gasteiger partial charge in [-0.05, 0) is 50.2 Å². The second kappa shape index (κ2) is 6.07. The molecule has 1 fully saturated rings. The molecule has 1 atom stereocenters. The molecule has 1 N–H and O–H groups in total. The molecule has 0 unspecified atom stereocenters. The molecule has 1 saturated carbocycles. The molecule has 0 aliphatic heterocycles. The molecule has 0 bridgehead atoms. The van der Waals surface area contributed by atoms with E-state index in [1.165, 1.54) is 25.7 Å². The van der Waals surface area contributed by atoms with Crippen molar-refractivity contribution in [3.63, 3.8) is 0 Å². The van der Waals surface area contributed by atoms with Crippen molar-refractivity contribution in [1.29, 1.82) is 5.26 Å². The first-order valence-corrected chi connectivity index (χ1v) is 7.79. The summed E-state index contributed by atoms with van der Waals surface area (Å²) in [6, 6.07) is 8.25. The summed E-state index contributed by atoms with van der Waals surface area (Å²) in [5.74, 6) is 0. The molecule has 1 aliphatic rings. The van der Waals surface area contributed by atoms with Crippen LogP contribution in [0.1, 0.15) is 63.7 Å². The molecule has 0 heterocycles. The van der Waals surface area contributed by atoms with Crippen molar-refractivity contribution >= 4 is 5.69 Å². The quantitative estimate of drug-likeness (QED) is 0.913. The molecule has 2 rings (SSSR count). The number of benzene rings is 1. The zero-order chi connectivity index (χ0) is 15.6. The molecule has 0 aromatic heterocycles. The van der Waals surface area contributed by atoms with Crippen LogP contribution in [0.4, 0.5) is 5.69 Å². The van der Waals surface area contributed by atoms with Crippen LogP contribution in [-0.2, 0) is 0 Å². The van der Waals surface area contributed by atoms with Crippen molar-refractivity contribution < 1.29 is 5.11 Å². The van der Waals surface area contributed by atoms with E-state index in [2.05, 4.69) is 31.9 Å². The molecule has 1 aromatic rings. The average molecular weight is 286 g/mol. The Balaban J connectivity index is 2.26. The molecule has 3 heteroatoms. The molecular weight excluding hydrogens is 260 g/mol. The molecule has 0 radical (unpaired) electrons. The van der Waals surface area contributed by atoms with E-state index in [1.54, 1.807) is 13.0 Å². The number of aliphatic hydroxyl groups is 1. The Labute approximate surface area is 128 Å². The van der Waals surface area contributed by atoms with Crippen LogP contribution in [0.2, 0.25) is 0 Å². The molecule has 0 amide bonds. The van der Waals surface area contributed by atoms with Gasteiger partial charge >= 0.3 is 0 Å². The summed E-state index contributed by atoms with van der Waals surface area (Å²) in [6.07, 6.45) is 4.27. The van der Waals surface area contributed by atoms with Crippen LogP contribution in [0.15, 0.2) is 18.2 Å². The number of rotatable bonds is 3. The van der Waals surface area contributed by atoms with Crippen LogP contribution in [0.25, 0.3) is 0 Å². The second-order valence-corrected chi connectivity index (χ2v) is 7.07. The summed E-state index contributed by atoms with van der Waals surface area (Å²) >= 11 is 0. The van der Waals surface area contributed by atoms with Gasteiger partial charge in [0.15, 0.2) is 0 Å². The smallest absolute Gasteiger partial charge is 0.0992 e. The van der Waals surface area contributed by atoms with Gasteiger partial charge in [0.1, 0.15) is 0 Å². The predicted octanol–water partition coefficient (Wildman–Crippen LogP) is 4.02. The van der Waals surface area contributed by atoms with Gasteiger partial charge in [0.05, 0.1) is 17.7 Å². The topological polar surface area (TPSA) is 47.3 Å². The Morgan fingerprint density at radius 1 is 1.33 bits per heavy atom. The highest BCUT2D eigenvalue weighted by Crippen LogP contribution is 2.39. The maximum absolute atomic E-state index is 9.99. The van der Waals surface area contributed by atoms with Gasteiger partial charge in [-0.1, -0.05) is 19.9 Å². The first-order chi connectivity index (χ1) is 9.84. The van der Waals surface area contributed by atoms with Crippen LogP contribution in [0.3, 0.4) is 0 Å². The van der Waals surface area contributed by atoms with Crippen LogP contribution in [-0.4, -0.2) is 18.2 Å². The third-order valence-electron chi connectivity index (χ3n) is 4.85. The van der Waals surface area contributed by atoms with Crippen molar-refractivity contribution in [2.75, 3.05) is 11.9 Å². The number of aliphatic hydroxyl groups excluding tert-OH is 1. The molecule has 1 aromatic carbocycles. The molecule has 1 aliphatic carbocycles. The van der Waals surface area contributed by atoms with Gasteiger partial charge in [-0.3, -0.25) is 0 Å². The molecule has 0 saturated heterocycles. The Bertz CT molecular complexity index is 533. The van der Waals surface area contributed by atoms with Gasteiger partial charge in [0, 0.05) is 24.3 Å². The fourth-order valence-corrected chi connectivity index (χ4v) is 3.24. The van der Waals surface area contributed by atoms with E-state index < -0.39 is 6.10 Å². The molecule has 21 heavy (non-hydrogen) atoms. The lowest BCUT2D eigenvalue weighted by atomic mass is 9.75. The maximum Gasteiger partial charge on any atom is 0.0992 e. The van der Waals surface area contributed by atoms with Crippen LogP contribution in [0.5, 0.6) is 0 Å². The van der Waals surface area contributed by atoms with E-state index in [4.69, 9.17) is 5.26 Å². The first kappa shape index (κ1) is 15.9. The van der Waals surface area contributed by atoms with E-state index in [0.29, 0.717) is 17.0 Å². The van der Waals surface area contributed by atoms with Gasteiger partial charge in [-0.2, -0.15) is 5.26 Å². The van der Waals surface area contributed by atoms with Crippen LogP contribution >= 0.6 is 0 Å². The van der Waals surface area contributed by atoms with Gasteiger partial charge in [0.25, 0.3) is 0 Å². The highest BCUT2D eigenvalue weighted by molar-refractivity contribution is 5.58. The minimum absolute atomic E-state index is 0.443. The summed E-state index contributed by atoms with van der Waals surface area (Å²) in [6.45, 7) is 6.45. The lowest BCUT2D eigenvalue weighted by molar-refractivity contribution is 0.198. The Morgan fingerprint density at radius 2 is 1.95 bits per heavy atom. The van der Waals surface area contributed by atoms with Crippen molar-refractivity contribution in [3.05, 3.63) is 29.3 Å². The van der Waals surface area contributed by atoms with Gasteiger partial charge in [0.2, 0.25) is 0 Å². The Hall–Kier alpha value is -1.53. The highest BCUT2D eigenvalue weighted by atomic mass is 16.3. The second-order valence-electron chi connectivity index (χ2n) is 7.07. The molecule has 114 valence electrons. The standard InChI is InChI=1S/C18H26N2O/c1-13(21)16-6-5-14(12-19)11-17(16)20(4)15-7-9-18(2,3)10-8-15/h5-6,11,13,15,21H,7-10H2,1-4H3/t13-/m0/s1. The number of nitrogens with zero attached hydrogens (tertiary/aromatic N) is 2. The number of nitriles is 1. The third kappa shape index (κ3) is 3.57. The summed E-state index contributed by atoms with van der Waals surface area (Å²) in [4.78, 5) is 2.26. The lowest BCUT2D eigenvalue weighted by Gasteiger charge is -2.40. The van der Waals surface area contributed by atoms with Crippen molar-refractivity contribution in [2.24, 2.45) is 5.41 Å². The minimum atomic E-state index is -0.518. The summed E-state index contributed by atoms with van der Waals surface area (Å²) in [5.41, 5.74) is 2.99. The van der Waals surface area contributed by atoms with Crippen molar-refractivity contribution in [1.82, 2.24) is 0 Å². The zero-order valence-electron chi connectivity index (χ0n) is 13.6. The fraction of sp³-hybridized carbons (Fsp3) is 0.611. The third-order valence-corrected chi connectivity index (χ3v) is 4.85. The Kier molecular flexibility index (Phi) is 4.58. The Morgan fingerprint density at radius 3 is 2.48 bits per heavy atom. The minimum Gasteiger partial charge on any atom is -0.389 e. The van der Waals surface area contributed by atoms with E-state index in [9.17, 15) is 5.11 Å². The fourth-order valence-electron chi connectivity index (χ4n) is 3.24. The normalized spacial score (nSPS) is 19.8. The largest absolute Gasteiger partial charge is 0.389 e.